The Morgan fingerprint density at radius 3 is 2.71 bits per heavy atom. The number of hydrogen-bond donors (Lipinski definition) is 0. The Morgan fingerprint density at radius 2 is 1.96 bits per heavy atom. The molecule has 4 rings (SSSR count). The fourth-order valence-electron chi connectivity index (χ4n) is 6.41. The molecule has 0 radical (unpaired) electrons. The topological polar surface area (TPSA) is 43.4 Å². The van der Waals surface area contributed by atoms with Gasteiger partial charge in [0.1, 0.15) is 11.9 Å². The first-order chi connectivity index (χ1) is 11.3. The molecule has 6 atom stereocenters. The van der Waals surface area contributed by atoms with Crippen LogP contribution in [0.2, 0.25) is 0 Å². The second-order valence-electron chi connectivity index (χ2n) is 8.82. The van der Waals surface area contributed by atoms with Gasteiger partial charge in [-0.2, -0.15) is 0 Å². The van der Waals surface area contributed by atoms with Crippen molar-refractivity contribution in [2.45, 2.75) is 65.4 Å². The molecule has 3 nitrogen and oxygen atoms in total. The summed E-state index contributed by atoms with van der Waals surface area (Å²) in [4.78, 5) is 23.8. The number of fused-ring (bicyclic) bond motifs is 5. The molecule has 3 heteroatoms. The Morgan fingerprint density at radius 1 is 1.21 bits per heavy atom. The van der Waals surface area contributed by atoms with E-state index in [2.05, 4.69) is 26.0 Å². The molecule has 0 saturated heterocycles. The van der Waals surface area contributed by atoms with E-state index in [1.165, 1.54) is 12.5 Å². The summed E-state index contributed by atoms with van der Waals surface area (Å²) >= 11 is 0. The molecule has 0 heterocycles. The fourth-order valence-corrected chi connectivity index (χ4v) is 6.41. The van der Waals surface area contributed by atoms with E-state index in [0.29, 0.717) is 23.5 Å². The minimum Gasteiger partial charge on any atom is -0.458 e. The van der Waals surface area contributed by atoms with Gasteiger partial charge < -0.3 is 4.74 Å². The van der Waals surface area contributed by atoms with E-state index in [-0.39, 0.29) is 22.9 Å². The van der Waals surface area contributed by atoms with Crippen molar-refractivity contribution in [3.8, 4) is 0 Å². The summed E-state index contributed by atoms with van der Waals surface area (Å²) in [6.07, 6.45) is 12.5. The fraction of sp³-hybridized carbons (Fsp3) is 0.714. The molecule has 130 valence electrons. The maximum absolute atomic E-state index is 12.5. The molecule has 0 amide bonds. The van der Waals surface area contributed by atoms with Crippen LogP contribution in [0.4, 0.5) is 0 Å². The van der Waals surface area contributed by atoms with Crippen LogP contribution in [0.5, 0.6) is 0 Å². The van der Waals surface area contributed by atoms with Gasteiger partial charge in [0.25, 0.3) is 0 Å². The smallest absolute Gasteiger partial charge is 0.303 e. The van der Waals surface area contributed by atoms with Gasteiger partial charge in [-0.3, -0.25) is 9.59 Å². The lowest BCUT2D eigenvalue weighted by Crippen LogP contribution is -2.50. The molecule has 0 bridgehead atoms. The number of ketones is 1. The number of hydrogen-bond acceptors (Lipinski definition) is 3. The number of ether oxygens (including phenoxy) is 1. The van der Waals surface area contributed by atoms with E-state index in [1.54, 1.807) is 0 Å². The quantitative estimate of drug-likeness (QED) is 0.677. The zero-order valence-electron chi connectivity index (χ0n) is 15.0. The lowest BCUT2D eigenvalue weighted by molar-refractivity contribution is -0.147. The molecule has 2 saturated carbocycles. The van der Waals surface area contributed by atoms with Crippen LogP contribution >= 0.6 is 0 Å². The van der Waals surface area contributed by atoms with Crippen LogP contribution in [-0.2, 0) is 14.3 Å². The summed E-state index contributed by atoms with van der Waals surface area (Å²) in [5.41, 5.74) is 1.41. The zero-order valence-corrected chi connectivity index (χ0v) is 15.0. The predicted octanol–water partition coefficient (Wildman–Crippen LogP) is 4.23. The predicted molar refractivity (Wildman–Crippen MR) is 92.2 cm³/mol. The van der Waals surface area contributed by atoms with Crippen LogP contribution in [0.25, 0.3) is 0 Å². The van der Waals surface area contributed by atoms with Gasteiger partial charge >= 0.3 is 5.97 Å². The van der Waals surface area contributed by atoms with E-state index >= 15 is 0 Å². The molecule has 0 N–H and O–H groups in total. The van der Waals surface area contributed by atoms with Gasteiger partial charge in [0.15, 0.2) is 0 Å². The molecule has 0 spiro atoms. The van der Waals surface area contributed by atoms with Crippen LogP contribution < -0.4 is 0 Å². The first-order valence-corrected chi connectivity index (χ1v) is 9.44. The number of carbonyl (C=O) groups excluding carboxylic acids is 2. The zero-order chi connectivity index (χ0) is 17.1. The maximum atomic E-state index is 12.5. The monoisotopic (exact) mass is 328 g/mol. The number of esters is 1. The minimum absolute atomic E-state index is 0.0742. The average Bonchev–Trinajstić information content (AvgIpc) is 2.81. The normalized spacial score (nSPS) is 46.6. The van der Waals surface area contributed by atoms with Crippen molar-refractivity contribution in [2.24, 2.45) is 28.6 Å². The summed E-state index contributed by atoms with van der Waals surface area (Å²) in [7, 11) is 0. The Hall–Kier alpha value is -1.38. The van der Waals surface area contributed by atoms with Gasteiger partial charge in [0.2, 0.25) is 0 Å². The molecule has 1 unspecified atom stereocenters. The third-order valence-electron chi connectivity index (χ3n) is 7.67. The summed E-state index contributed by atoms with van der Waals surface area (Å²) in [6, 6.07) is 0. The summed E-state index contributed by atoms with van der Waals surface area (Å²) < 4.78 is 5.50. The van der Waals surface area contributed by atoms with Gasteiger partial charge in [0.05, 0.1) is 0 Å². The molecular formula is C21H28O3. The van der Waals surface area contributed by atoms with E-state index in [0.717, 1.165) is 38.5 Å². The van der Waals surface area contributed by atoms with Crippen LogP contribution in [0.1, 0.15) is 59.3 Å². The largest absolute Gasteiger partial charge is 0.458 e. The third-order valence-corrected chi connectivity index (χ3v) is 7.67. The van der Waals surface area contributed by atoms with E-state index in [1.807, 2.05) is 6.08 Å². The van der Waals surface area contributed by atoms with Crippen molar-refractivity contribution in [1.29, 1.82) is 0 Å². The van der Waals surface area contributed by atoms with Gasteiger partial charge in [-0.1, -0.05) is 26.0 Å². The summed E-state index contributed by atoms with van der Waals surface area (Å²) in [5, 5.41) is 0. The second kappa shape index (κ2) is 5.31. The highest BCUT2D eigenvalue weighted by atomic mass is 16.5. The lowest BCUT2D eigenvalue weighted by Gasteiger charge is -2.55. The number of rotatable bonds is 1. The van der Waals surface area contributed by atoms with Crippen molar-refractivity contribution in [3.63, 3.8) is 0 Å². The van der Waals surface area contributed by atoms with Crippen molar-refractivity contribution in [2.75, 3.05) is 0 Å². The molecule has 0 aliphatic heterocycles. The minimum atomic E-state index is -0.203. The average molecular weight is 328 g/mol. The molecule has 0 aromatic rings. The molecule has 0 aromatic heterocycles. The lowest BCUT2D eigenvalue weighted by atomic mass is 9.48. The van der Waals surface area contributed by atoms with Gasteiger partial charge in [-0.25, -0.2) is 0 Å². The highest BCUT2D eigenvalue weighted by Crippen LogP contribution is 2.63. The van der Waals surface area contributed by atoms with Gasteiger partial charge in [-0.15, -0.1) is 0 Å². The Bertz CT molecular complexity index is 645. The Balaban J connectivity index is 1.66. The number of carbonyl (C=O) groups is 2. The Labute approximate surface area is 144 Å². The summed E-state index contributed by atoms with van der Waals surface area (Å²) in [5.74, 6) is 2.03. The Kier molecular flexibility index (Phi) is 3.56. The van der Waals surface area contributed by atoms with E-state index < -0.39 is 0 Å². The SMILES string of the molecule is CC(=O)OC1C=CC2=CC[C@@H]3[C@H](CC[C@]4(C)C(=O)CC[C@@H]34)[C@@]2(C)C1. The first-order valence-electron chi connectivity index (χ1n) is 9.44. The molecule has 4 aliphatic carbocycles. The van der Waals surface area contributed by atoms with Crippen molar-refractivity contribution in [1.82, 2.24) is 0 Å². The van der Waals surface area contributed by atoms with Gasteiger partial charge in [-0.05, 0) is 66.9 Å². The van der Waals surface area contributed by atoms with Crippen LogP contribution in [0.15, 0.2) is 23.8 Å². The number of allylic oxidation sites excluding steroid dienone is 3. The summed E-state index contributed by atoms with van der Waals surface area (Å²) in [6.45, 7) is 6.06. The van der Waals surface area contributed by atoms with E-state index in [4.69, 9.17) is 4.74 Å². The molecule has 0 aromatic carbocycles. The third kappa shape index (κ3) is 2.16. The highest BCUT2D eigenvalue weighted by molar-refractivity contribution is 5.87. The molecule has 2 fully saturated rings. The van der Waals surface area contributed by atoms with Crippen LogP contribution in [-0.4, -0.2) is 17.9 Å². The number of Topliss-reactive ketones (excluding diaryl/α,β-unsaturated/α-hetero) is 1. The maximum Gasteiger partial charge on any atom is 0.303 e. The molecular weight excluding hydrogens is 300 g/mol. The van der Waals surface area contributed by atoms with Crippen LogP contribution in [0.3, 0.4) is 0 Å². The van der Waals surface area contributed by atoms with Crippen LogP contribution in [0, 0.1) is 28.6 Å². The molecule has 24 heavy (non-hydrogen) atoms. The van der Waals surface area contributed by atoms with Crippen molar-refractivity contribution < 1.29 is 14.3 Å². The highest BCUT2D eigenvalue weighted by Gasteiger charge is 2.58. The van der Waals surface area contributed by atoms with Crippen molar-refractivity contribution >= 4 is 11.8 Å². The first kappa shape index (κ1) is 16.1. The van der Waals surface area contributed by atoms with Gasteiger partial charge in [0, 0.05) is 18.8 Å². The second-order valence-corrected chi connectivity index (χ2v) is 8.82. The van der Waals surface area contributed by atoms with Crippen molar-refractivity contribution in [3.05, 3.63) is 23.8 Å². The van der Waals surface area contributed by atoms with E-state index in [9.17, 15) is 9.59 Å². The standard InChI is InChI=1S/C21H28O3/c1-13(22)24-15-6-4-14-5-7-16-17-8-9-19(23)20(17,2)11-10-18(16)21(14,3)12-15/h4-6,15-18H,7-12H2,1-3H3/t15?,16-,17-,18-,20-,21-/m0/s1. The molecule has 4 aliphatic rings.